The first-order valence-electron chi connectivity index (χ1n) is 8.57. The third-order valence-electron chi connectivity index (χ3n) is 4.29. The predicted octanol–water partition coefficient (Wildman–Crippen LogP) is 1.30. The summed E-state index contributed by atoms with van der Waals surface area (Å²) in [5.74, 6) is 1.18. The highest BCUT2D eigenvalue weighted by Gasteiger charge is 2.18. The molecule has 0 aliphatic heterocycles. The standard InChI is InChI=1S/C18H22N6O3/c1-5-10-24-14-15(22(2)18(26)23(3)16(14)25)20-17(24)21-19-11-12-6-8-13(27-4)9-7-12/h6-9,11H,5,10H2,1-4H3,(H,20,21)/b19-11+. The fourth-order valence-electron chi connectivity index (χ4n) is 2.83. The number of hydrogen-bond donors (Lipinski definition) is 1. The van der Waals surface area contributed by atoms with Crippen LogP contribution in [0.25, 0.3) is 11.2 Å². The van der Waals surface area contributed by atoms with Crippen LogP contribution in [0, 0.1) is 0 Å². The number of methoxy groups -OCH3 is 1. The van der Waals surface area contributed by atoms with Crippen LogP contribution < -0.4 is 21.4 Å². The van der Waals surface area contributed by atoms with E-state index in [0.29, 0.717) is 23.7 Å². The number of hydrogen-bond acceptors (Lipinski definition) is 6. The Morgan fingerprint density at radius 3 is 2.52 bits per heavy atom. The molecule has 1 N–H and O–H groups in total. The van der Waals surface area contributed by atoms with Gasteiger partial charge in [0.05, 0.1) is 13.3 Å². The third-order valence-corrected chi connectivity index (χ3v) is 4.29. The number of nitrogens with one attached hydrogen (secondary N) is 1. The van der Waals surface area contributed by atoms with Crippen molar-refractivity contribution in [1.29, 1.82) is 0 Å². The summed E-state index contributed by atoms with van der Waals surface area (Å²) in [6.07, 6.45) is 2.44. The van der Waals surface area contributed by atoms with Crippen molar-refractivity contribution in [3.8, 4) is 5.75 Å². The van der Waals surface area contributed by atoms with Crippen LogP contribution in [0.1, 0.15) is 18.9 Å². The van der Waals surface area contributed by atoms with E-state index in [-0.39, 0.29) is 5.56 Å². The molecule has 0 bridgehead atoms. The number of ether oxygens (including phenoxy) is 1. The molecule has 1 aromatic carbocycles. The highest BCUT2D eigenvalue weighted by atomic mass is 16.5. The number of imidazole rings is 1. The van der Waals surface area contributed by atoms with Crippen molar-refractivity contribution >= 4 is 23.3 Å². The molecular weight excluding hydrogens is 348 g/mol. The largest absolute Gasteiger partial charge is 0.497 e. The van der Waals surface area contributed by atoms with Crippen LogP contribution in [0.5, 0.6) is 5.75 Å². The van der Waals surface area contributed by atoms with Gasteiger partial charge in [0.1, 0.15) is 5.75 Å². The Kier molecular flexibility index (Phi) is 5.11. The van der Waals surface area contributed by atoms with E-state index in [1.54, 1.807) is 24.9 Å². The first kappa shape index (κ1) is 18.4. The lowest BCUT2D eigenvalue weighted by Gasteiger charge is -2.07. The number of anilines is 1. The van der Waals surface area contributed by atoms with Crippen LogP contribution in [0.15, 0.2) is 39.0 Å². The van der Waals surface area contributed by atoms with Crippen molar-refractivity contribution in [2.24, 2.45) is 19.2 Å². The molecule has 3 rings (SSSR count). The number of aromatic nitrogens is 4. The minimum Gasteiger partial charge on any atom is -0.497 e. The van der Waals surface area contributed by atoms with Crippen molar-refractivity contribution in [2.75, 3.05) is 12.5 Å². The fraction of sp³-hybridized carbons (Fsp3) is 0.333. The van der Waals surface area contributed by atoms with Crippen LogP contribution >= 0.6 is 0 Å². The van der Waals surface area contributed by atoms with E-state index in [0.717, 1.165) is 22.3 Å². The van der Waals surface area contributed by atoms with Gasteiger partial charge in [-0.3, -0.25) is 13.9 Å². The van der Waals surface area contributed by atoms with Crippen LogP contribution in [-0.2, 0) is 20.6 Å². The monoisotopic (exact) mass is 370 g/mol. The Hall–Kier alpha value is -3.36. The fourth-order valence-corrected chi connectivity index (χ4v) is 2.83. The molecule has 9 heteroatoms. The molecule has 2 heterocycles. The smallest absolute Gasteiger partial charge is 0.332 e. The zero-order valence-corrected chi connectivity index (χ0v) is 15.8. The first-order valence-corrected chi connectivity index (χ1v) is 8.57. The van der Waals surface area contributed by atoms with Gasteiger partial charge in [-0.2, -0.15) is 10.1 Å². The molecule has 3 aromatic rings. The van der Waals surface area contributed by atoms with Gasteiger partial charge in [-0.1, -0.05) is 6.92 Å². The van der Waals surface area contributed by atoms with Crippen LogP contribution in [0.3, 0.4) is 0 Å². The number of rotatable bonds is 6. The van der Waals surface area contributed by atoms with E-state index in [1.165, 1.54) is 11.6 Å². The lowest BCUT2D eigenvalue weighted by atomic mass is 10.2. The predicted molar refractivity (Wildman–Crippen MR) is 105 cm³/mol. The summed E-state index contributed by atoms with van der Waals surface area (Å²) >= 11 is 0. The van der Waals surface area contributed by atoms with E-state index >= 15 is 0 Å². The first-order chi connectivity index (χ1) is 13.0. The molecule has 0 amide bonds. The van der Waals surface area contributed by atoms with Crippen molar-refractivity contribution in [3.05, 3.63) is 50.7 Å². The van der Waals surface area contributed by atoms with Crippen molar-refractivity contribution < 1.29 is 4.74 Å². The minimum absolute atomic E-state index is 0.332. The van der Waals surface area contributed by atoms with E-state index < -0.39 is 5.69 Å². The quantitative estimate of drug-likeness (QED) is 0.521. The van der Waals surface area contributed by atoms with Crippen molar-refractivity contribution in [1.82, 2.24) is 18.7 Å². The maximum Gasteiger partial charge on any atom is 0.332 e. The van der Waals surface area contributed by atoms with E-state index in [2.05, 4.69) is 15.5 Å². The Bertz CT molecular complexity index is 1110. The Labute approximate surface area is 155 Å². The lowest BCUT2D eigenvalue weighted by molar-refractivity contribution is 0.415. The van der Waals surface area contributed by atoms with E-state index in [4.69, 9.17) is 4.74 Å². The van der Waals surface area contributed by atoms with Gasteiger partial charge < -0.3 is 9.30 Å². The number of benzene rings is 1. The van der Waals surface area contributed by atoms with Crippen LogP contribution in [0.2, 0.25) is 0 Å². The van der Waals surface area contributed by atoms with Gasteiger partial charge in [-0.15, -0.1) is 0 Å². The topological polar surface area (TPSA) is 95.4 Å². The molecule has 142 valence electrons. The number of aryl methyl sites for hydroxylation is 2. The van der Waals surface area contributed by atoms with Gasteiger partial charge >= 0.3 is 5.69 Å². The molecule has 0 saturated carbocycles. The third kappa shape index (κ3) is 3.35. The van der Waals surface area contributed by atoms with Crippen LogP contribution in [-0.4, -0.2) is 32.0 Å². The molecule has 0 atom stereocenters. The van der Waals surface area contributed by atoms with E-state index in [9.17, 15) is 9.59 Å². The minimum atomic E-state index is -0.415. The van der Waals surface area contributed by atoms with Gasteiger partial charge in [-0.05, 0) is 36.2 Å². The Balaban J connectivity index is 2.00. The summed E-state index contributed by atoms with van der Waals surface area (Å²) in [6, 6.07) is 7.43. The summed E-state index contributed by atoms with van der Waals surface area (Å²) in [7, 11) is 4.67. The Morgan fingerprint density at radius 2 is 1.89 bits per heavy atom. The lowest BCUT2D eigenvalue weighted by Crippen LogP contribution is -2.37. The normalized spacial score (nSPS) is 11.4. The zero-order chi connectivity index (χ0) is 19.6. The summed E-state index contributed by atoms with van der Waals surface area (Å²) in [6.45, 7) is 2.58. The number of nitrogens with zero attached hydrogens (tertiary/aromatic N) is 5. The maximum atomic E-state index is 12.6. The molecular formula is C18H22N6O3. The van der Waals surface area contributed by atoms with Crippen molar-refractivity contribution in [2.45, 2.75) is 19.9 Å². The van der Waals surface area contributed by atoms with Gasteiger partial charge in [-0.25, -0.2) is 10.2 Å². The average molecular weight is 370 g/mol. The molecule has 0 unspecified atom stereocenters. The highest BCUT2D eigenvalue weighted by Crippen LogP contribution is 2.16. The van der Waals surface area contributed by atoms with E-state index in [1.807, 2.05) is 31.2 Å². The average Bonchev–Trinajstić information content (AvgIpc) is 3.04. The number of hydrazone groups is 1. The Morgan fingerprint density at radius 1 is 1.19 bits per heavy atom. The highest BCUT2D eigenvalue weighted by molar-refractivity contribution is 5.80. The SMILES string of the molecule is CCCn1c(N/N=C/c2ccc(OC)cc2)nc2c1c(=O)n(C)c(=O)n2C. The second kappa shape index (κ2) is 7.48. The van der Waals surface area contributed by atoms with Gasteiger partial charge in [0.2, 0.25) is 5.95 Å². The maximum absolute atomic E-state index is 12.6. The summed E-state index contributed by atoms with van der Waals surface area (Å²) < 4.78 is 9.33. The summed E-state index contributed by atoms with van der Waals surface area (Å²) in [5.41, 5.74) is 3.69. The summed E-state index contributed by atoms with van der Waals surface area (Å²) in [5, 5.41) is 4.21. The second-order valence-electron chi connectivity index (χ2n) is 6.11. The van der Waals surface area contributed by atoms with Gasteiger partial charge in [0, 0.05) is 20.6 Å². The zero-order valence-electron chi connectivity index (χ0n) is 15.8. The summed E-state index contributed by atoms with van der Waals surface area (Å²) in [4.78, 5) is 29.1. The van der Waals surface area contributed by atoms with Gasteiger partial charge in [0.15, 0.2) is 11.2 Å². The molecule has 0 fully saturated rings. The molecule has 9 nitrogen and oxygen atoms in total. The molecule has 0 saturated heterocycles. The molecule has 27 heavy (non-hydrogen) atoms. The molecule has 2 aromatic heterocycles. The van der Waals surface area contributed by atoms with Crippen LogP contribution in [0.4, 0.5) is 5.95 Å². The molecule has 0 aliphatic rings. The van der Waals surface area contributed by atoms with Crippen molar-refractivity contribution in [3.63, 3.8) is 0 Å². The molecule has 0 radical (unpaired) electrons. The molecule has 0 aliphatic carbocycles. The number of fused-ring (bicyclic) bond motifs is 1. The second-order valence-corrected chi connectivity index (χ2v) is 6.11. The molecule has 0 spiro atoms. The van der Waals surface area contributed by atoms with Gasteiger partial charge in [0.25, 0.3) is 5.56 Å².